The van der Waals surface area contributed by atoms with Gasteiger partial charge in [-0.3, -0.25) is 9.52 Å². The van der Waals surface area contributed by atoms with Crippen molar-refractivity contribution in [3.8, 4) is 0 Å². The third-order valence-electron chi connectivity index (χ3n) is 3.79. The number of carbonyl (C=O) groups is 1. The molecule has 2 N–H and O–H groups in total. The molecule has 1 aromatic rings. The van der Waals surface area contributed by atoms with Crippen LogP contribution in [0.25, 0.3) is 0 Å². The van der Waals surface area contributed by atoms with Gasteiger partial charge in [-0.05, 0) is 36.6 Å². The Kier molecular flexibility index (Phi) is 6.01. The van der Waals surface area contributed by atoms with Gasteiger partial charge in [-0.25, -0.2) is 0 Å². The zero-order valence-corrected chi connectivity index (χ0v) is 14.6. The van der Waals surface area contributed by atoms with Gasteiger partial charge in [0, 0.05) is 18.8 Å². The second-order valence-electron chi connectivity index (χ2n) is 5.77. The molecule has 0 fully saturated rings. The maximum atomic E-state index is 12.1. The Bertz CT molecular complexity index is 659. The number of anilines is 2. The van der Waals surface area contributed by atoms with Gasteiger partial charge in [-0.2, -0.15) is 13.1 Å². The average Bonchev–Trinajstić information content (AvgIpc) is 2.80. The molecule has 0 aliphatic carbocycles. The number of carbonyl (C=O) groups excluding carboxylic acids is 1. The Balaban J connectivity index is 2.09. The van der Waals surface area contributed by atoms with E-state index >= 15 is 0 Å². The Morgan fingerprint density at radius 2 is 1.96 bits per heavy atom. The van der Waals surface area contributed by atoms with E-state index in [4.69, 9.17) is 0 Å². The zero-order chi connectivity index (χ0) is 16.9. The maximum absolute atomic E-state index is 12.1. The number of hydrogen-bond donors (Lipinski definition) is 2. The fourth-order valence-corrected chi connectivity index (χ4v) is 3.62. The van der Waals surface area contributed by atoms with Crippen molar-refractivity contribution in [1.29, 1.82) is 0 Å². The third-order valence-corrected chi connectivity index (χ3v) is 4.88. The van der Waals surface area contributed by atoms with Crippen LogP contribution in [0.2, 0.25) is 0 Å². The summed E-state index contributed by atoms with van der Waals surface area (Å²) < 4.78 is 28.7. The predicted octanol–water partition coefficient (Wildman–Crippen LogP) is 2.42. The van der Waals surface area contributed by atoms with Crippen LogP contribution in [0.15, 0.2) is 18.2 Å². The normalized spacial score (nSPS) is 14.2. The summed E-state index contributed by atoms with van der Waals surface area (Å²) in [6, 6.07) is 5.28. The van der Waals surface area contributed by atoms with Gasteiger partial charge in [0.2, 0.25) is 5.91 Å². The fraction of sp³-hybridized carbons (Fsp3) is 0.562. The molecule has 1 aromatic carbocycles. The number of benzene rings is 1. The van der Waals surface area contributed by atoms with E-state index in [9.17, 15) is 13.2 Å². The standard InChI is InChI=1S/C16H25N3O3S/c1-3-5-6-10-19-15-8-7-14(11-13(15)12-16(19)20)18-23(21,22)17-9-4-2/h7-8,11,17-18H,3-6,9-10,12H2,1-2H3. The highest BCUT2D eigenvalue weighted by Crippen LogP contribution is 2.31. The number of amides is 1. The minimum Gasteiger partial charge on any atom is -0.312 e. The SMILES string of the molecule is CCCCCN1C(=O)Cc2cc(NS(=O)(=O)NCCC)ccc21. The molecule has 7 heteroatoms. The lowest BCUT2D eigenvalue weighted by Gasteiger charge is -2.17. The molecule has 1 amide bonds. The smallest absolute Gasteiger partial charge is 0.299 e. The minimum absolute atomic E-state index is 0.0835. The van der Waals surface area contributed by atoms with Crippen LogP contribution in [0.4, 0.5) is 11.4 Å². The van der Waals surface area contributed by atoms with Crippen molar-refractivity contribution < 1.29 is 13.2 Å². The summed E-state index contributed by atoms with van der Waals surface area (Å²) in [5, 5.41) is 0. The summed E-state index contributed by atoms with van der Waals surface area (Å²) >= 11 is 0. The molecule has 0 atom stereocenters. The second-order valence-corrected chi connectivity index (χ2v) is 7.27. The first-order chi connectivity index (χ1) is 11.0. The van der Waals surface area contributed by atoms with Crippen LogP contribution in [0.1, 0.15) is 45.1 Å². The molecule has 128 valence electrons. The summed E-state index contributed by atoms with van der Waals surface area (Å²) in [7, 11) is -3.56. The average molecular weight is 339 g/mol. The van der Waals surface area contributed by atoms with Crippen molar-refractivity contribution in [3.05, 3.63) is 23.8 Å². The van der Waals surface area contributed by atoms with Crippen molar-refractivity contribution in [3.63, 3.8) is 0 Å². The number of fused-ring (bicyclic) bond motifs is 1. The Morgan fingerprint density at radius 3 is 2.65 bits per heavy atom. The molecule has 1 heterocycles. The van der Waals surface area contributed by atoms with Crippen molar-refractivity contribution in [2.24, 2.45) is 0 Å². The van der Waals surface area contributed by atoms with Gasteiger partial charge in [0.05, 0.1) is 12.1 Å². The molecular weight excluding hydrogens is 314 g/mol. The van der Waals surface area contributed by atoms with Crippen LogP contribution < -0.4 is 14.3 Å². The third kappa shape index (κ3) is 4.68. The van der Waals surface area contributed by atoms with Crippen molar-refractivity contribution in [1.82, 2.24) is 4.72 Å². The van der Waals surface area contributed by atoms with Gasteiger partial charge >= 0.3 is 0 Å². The molecule has 0 spiro atoms. The molecule has 2 rings (SSSR count). The van der Waals surface area contributed by atoms with E-state index < -0.39 is 10.2 Å². The summed E-state index contributed by atoms with van der Waals surface area (Å²) in [6.07, 6.45) is 4.25. The van der Waals surface area contributed by atoms with Gasteiger partial charge in [-0.15, -0.1) is 0 Å². The van der Waals surface area contributed by atoms with E-state index in [2.05, 4.69) is 16.4 Å². The summed E-state index contributed by atoms with van der Waals surface area (Å²) in [5.41, 5.74) is 2.26. The van der Waals surface area contributed by atoms with Gasteiger partial charge in [-0.1, -0.05) is 26.7 Å². The van der Waals surface area contributed by atoms with E-state index in [1.54, 1.807) is 17.0 Å². The monoisotopic (exact) mass is 339 g/mol. The van der Waals surface area contributed by atoms with Gasteiger partial charge in [0.1, 0.15) is 0 Å². The summed E-state index contributed by atoms with van der Waals surface area (Å²) in [6.45, 7) is 5.15. The molecule has 23 heavy (non-hydrogen) atoms. The van der Waals surface area contributed by atoms with Gasteiger partial charge < -0.3 is 4.90 Å². The molecule has 1 aliphatic rings. The highest BCUT2D eigenvalue weighted by molar-refractivity contribution is 7.90. The Morgan fingerprint density at radius 1 is 1.17 bits per heavy atom. The van der Waals surface area contributed by atoms with Gasteiger partial charge in [0.15, 0.2) is 0 Å². The molecule has 0 bridgehead atoms. The lowest BCUT2D eigenvalue weighted by Crippen LogP contribution is -2.30. The van der Waals surface area contributed by atoms with E-state index in [0.717, 1.165) is 43.5 Å². The fourth-order valence-electron chi connectivity index (χ4n) is 2.64. The maximum Gasteiger partial charge on any atom is 0.299 e. The Labute approximate surface area is 138 Å². The highest BCUT2D eigenvalue weighted by atomic mass is 32.2. The number of nitrogens with one attached hydrogen (secondary N) is 2. The highest BCUT2D eigenvalue weighted by Gasteiger charge is 2.27. The molecule has 0 saturated heterocycles. The van der Waals surface area contributed by atoms with E-state index in [0.29, 0.717) is 18.7 Å². The number of rotatable bonds is 9. The zero-order valence-electron chi connectivity index (χ0n) is 13.8. The van der Waals surface area contributed by atoms with Crippen molar-refractivity contribution in [2.75, 3.05) is 22.7 Å². The van der Waals surface area contributed by atoms with Crippen LogP contribution >= 0.6 is 0 Å². The molecule has 0 saturated carbocycles. The summed E-state index contributed by atoms with van der Waals surface area (Å²) in [4.78, 5) is 13.9. The minimum atomic E-state index is -3.56. The van der Waals surface area contributed by atoms with Crippen LogP contribution in [0.5, 0.6) is 0 Å². The lowest BCUT2D eigenvalue weighted by molar-refractivity contribution is -0.117. The number of hydrogen-bond acceptors (Lipinski definition) is 3. The predicted molar refractivity (Wildman–Crippen MR) is 92.9 cm³/mol. The first kappa shape index (κ1) is 17.7. The van der Waals surface area contributed by atoms with Crippen LogP contribution in [-0.2, 0) is 21.4 Å². The Hall–Kier alpha value is -1.60. The molecule has 0 aromatic heterocycles. The molecule has 1 aliphatic heterocycles. The van der Waals surface area contributed by atoms with E-state index in [1.165, 1.54) is 0 Å². The van der Waals surface area contributed by atoms with Crippen LogP contribution in [0, 0.1) is 0 Å². The van der Waals surface area contributed by atoms with E-state index in [-0.39, 0.29) is 5.91 Å². The number of unbranched alkanes of at least 4 members (excludes halogenated alkanes) is 2. The number of nitrogens with zero attached hydrogens (tertiary/aromatic N) is 1. The van der Waals surface area contributed by atoms with Gasteiger partial charge in [0.25, 0.3) is 10.2 Å². The largest absolute Gasteiger partial charge is 0.312 e. The summed E-state index contributed by atoms with van der Waals surface area (Å²) in [5.74, 6) is 0.0835. The lowest BCUT2D eigenvalue weighted by atomic mass is 10.1. The van der Waals surface area contributed by atoms with Crippen LogP contribution in [-0.4, -0.2) is 27.4 Å². The molecular formula is C16H25N3O3S. The topological polar surface area (TPSA) is 78.5 Å². The second kappa shape index (κ2) is 7.79. The van der Waals surface area contributed by atoms with Crippen molar-refractivity contribution in [2.45, 2.75) is 46.0 Å². The molecule has 6 nitrogen and oxygen atoms in total. The molecule has 0 unspecified atom stereocenters. The van der Waals surface area contributed by atoms with Crippen molar-refractivity contribution >= 4 is 27.5 Å². The first-order valence-corrected chi connectivity index (χ1v) is 9.66. The molecule has 0 radical (unpaired) electrons. The van der Waals surface area contributed by atoms with Crippen LogP contribution in [0.3, 0.4) is 0 Å². The van der Waals surface area contributed by atoms with E-state index in [1.807, 2.05) is 13.0 Å². The first-order valence-electron chi connectivity index (χ1n) is 8.17. The quantitative estimate of drug-likeness (QED) is 0.678.